The number of rotatable bonds is 3. The zero-order valence-corrected chi connectivity index (χ0v) is 11.5. The zero-order valence-electron chi connectivity index (χ0n) is 11.5. The lowest BCUT2D eigenvalue weighted by Gasteiger charge is -2.20. The minimum Gasteiger partial charge on any atom is -0.352 e. The Hall–Kier alpha value is -1.31. The highest BCUT2D eigenvalue weighted by molar-refractivity contribution is 5.77. The van der Waals surface area contributed by atoms with E-state index in [9.17, 15) is 4.79 Å². The minimum absolute atomic E-state index is 0.0424. The molecule has 2 heteroatoms. The molecule has 94 valence electrons. The van der Waals surface area contributed by atoms with Crippen LogP contribution in [0, 0.1) is 5.92 Å². The van der Waals surface area contributed by atoms with Crippen molar-refractivity contribution in [3.8, 4) is 0 Å². The van der Waals surface area contributed by atoms with E-state index in [1.165, 1.54) is 5.56 Å². The molecule has 0 heterocycles. The fraction of sp³-hybridized carbons (Fsp3) is 0.533. The van der Waals surface area contributed by atoms with Crippen molar-refractivity contribution in [3.05, 3.63) is 35.4 Å². The van der Waals surface area contributed by atoms with Crippen molar-refractivity contribution >= 4 is 5.91 Å². The third kappa shape index (κ3) is 4.22. The van der Waals surface area contributed by atoms with Gasteiger partial charge in [0, 0.05) is 12.5 Å². The summed E-state index contributed by atoms with van der Waals surface area (Å²) < 4.78 is 0. The maximum Gasteiger partial charge on any atom is 0.222 e. The fourth-order valence-electron chi connectivity index (χ4n) is 1.54. The van der Waals surface area contributed by atoms with E-state index in [-0.39, 0.29) is 17.2 Å². The lowest BCUT2D eigenvalue weighted by molar-refractivity contribution is -0.124. The van der Waals surface area contributed by atoms with E-state index >= 15 is 0 Å². The van der Waals surface area contributed by atoms with Crippen LogP contribution in [0.2, 0.25) is 0 Å². The van der Waals surface area contributed by atoms with Crippen LogP contribution in [0.1, 0.15) is 45.7 Å². The predicted octanol–water partition coefficient (Wildman–Crippen LogP) is 3.26. The molecule has 0 aliphatic heterocycles. The molecule has 0 saturated carbocycles. The largest absolute Gasteiger partial charge is 0.352 e. The van der Waals surface area contributed by atoms with Gasteiger partial charge in [-0.3, -0.25) is 4.79 Å². The van der Waals surface area contributed by atoms with Crippen LogP contribution in [0.5, 0.6) is 0 Å². The van der Waals surface area contributed by atoms with Crippen molar-refractivity contribution in [2.75, 3.05) is 0 Å². The molecule has 1 amide bonds. The van der Waals surface area contributed by atoms with Crippen molar-refractivity contribution in [1.82, 2.24) is 5.32 Å². The van der Waals surface area contributed by atoms with E-state index in [1.807, 2.05) is 13.8 Å². The minimum atomic E-state index is 0.0424. The fourth-order valence-corrected chi connectivity index (χ4v) is 1.54. The standard InChI is InChI=1S/C15H23NO/c1-11(2)14(17)16-10-12-7-6-8-13(9-12)15(3,4)5/h6-9,11H,10H2,1-5H3,(H,16,17). The van der Waals surface area contributed by atoms with E-state index in [4.69, 9.17) is 0 Å². The van der Waals surface area contributed by atoms with Crippen LogP contribution in [0.15, 0.2) is 24.3 Å². The van der Waals surface area contributed by atoms with Gasteiger partial charge < -0.3 is 5.32 Å². The molecular formula is C15H23NO. The first-order chi connectivity index (χ1) is 7.80. The highest BCUT2D eigenvalue weighted by Crippen LogP contribution is 2.22. The van der Waals surface area contributed by atoms with Crippen LogP contribution in [-0.4, -0.2) is 5.91 Å². The quantitative estimate of drug-likeness (QED) is 0.853. The van der Waals surface area contributed by atoms with Crippen molar-refractivity contribution < 1.29 is 4.79 Å². The average Bonchev–Trinajstić information content (AvgIpc) is 2.25. The number of carbonyl (C=O) groups is 1. The molecule has 2 nitrogen and oxygen atoms in total. The molecule has 1 rings (SSSR count). The SMILES string of the molecule is CC(C)C(=O)NCc1cccc(C(C)(C)C)c1. The summed E-state index contributed by atoms with van der Waals surface area (Å²) >= 11 is 0. The molecule has 0 spiro atoms. The van der Waals surface area contributed by atoms with E-state index in [2.05, 4.69) is 50.4 Å². The number of hydrogen-bond donors (Lipinski definition) is 1. The Morgan fingerprint density at radius 2 is 1.94 bits per heavy atom. The number of benzene rings is 1. The van der Waals surface area contributed by atoms with E-state index in [0.29, 0.717) is 6.54 Å². The lowest BCUT2D eigenvalue weighted by Crippen LogP contribution is -2.27. The Morgan fingerprint density at radius 1 is 1.29 bits per heavy atom. The molecule has 1 aromatic rings. The molecule has 0 aromatic heterocycles. The second-order valence-electron chi connectivity index (χ2n) is 5.82. The van der Waals surface area contributed by atoms with Crippen LogP contribution in [0.25, 0.3) is 0 Å². The molecule has 0 fully saturated rings. The predicted molar refractivity (Wildman–Crippen MR) is 71.8 cm³/mol. The highest BCUT2D eigenvalue weighted by Gasteiger charge is 2.13. The Morgan fingerprint density at radius 3 is 2.47 bits per heavy atom. The maximum atomic E-state index is 11.5. The maximum absolute atomic E-state index is 11.5. The zero-order chi connectivity index (χ0) is 13.1. The summed E-state index contributed by atoms with van der Waals surface area (Å²) in [6.07, 6.45) is 0. The van der Waals surface area contributed by atoms with Crippen LogP contribution < -0.4 is 5.32 Å². The molecule has 1 N–H and O–H groups in total. The van der Waals surface area contributed by atoms with Crippen molar-refractivity contribution in [2.45, 2.75) is 46.6 Å². The molecule has 0 bridgehead atoms. The summed E-state index contributed by atoms with van der Waals surface area (Å²) in [4.78, 5) is 11.5. The molecule has 0 aliphatic rings. The second kappa shape index (κ2) is 5.35. The van der Waals surface area contributed by atoms with Gasteiger partial charge in [0.15, 0.2) is 0 Å². The topological polar surface area (TPSA) is 29.1 Å². The molecule has 0 saturated heterocycles. The van der Waals surface area contributed by atoms with E-state index in [1.54, 1.807) is 0 Å². The smallest absolute Gasteiger partial charge is 0.222 e. The van der Waals surface area contributed by atoms with Gasteiger partial charge in [0.25, 0.3) is 0 Å². The molecule has 0 aliphatic carbocycles. The molecule has 0 radical (unpaired) electrons. The van der Waals surface area contributed by atoms with E-state index in [0.717, 1.165) is 5.56 Å². The Bertz CT molecular complexity index is 388. The third-order valence-corrected chi connectivity index (χ3v) is 2.78. The normalized spacial score (nSPS) is 11.6. The van der Waals surface area contributed by atoms with Gasteiger partial charge in [0.05, 0.1) is 0 Å². The highest BCUT2D eigenvalue weighted by atomic mass is 16.1. The van der Waals surface area contributed by atoms with Crippen LogP contribution >= 0.6 is 0 Å². The monoisotopic (exact) mass is 233 g/mol. The van der Waals surface area contributed by atoms with Gasteiger partial charge in [-0.1, -0.05) is 58.9 Å². The lowest BCUT2D eigenvalue weighted by atomic mass is 9.86. The first-order valence-corrected chi connectivity index (χ1v) is 6.18. The van der Waals surface area contributed by atoms with Crippen molar-refractivity contribution in [3.63, 3.8) is 0 Å². The summed E-state index contributed by atoms with van der Waals surface area (Å²) in [7, 11) is 0. The second-order valence-corrected chi connectivity index (χ2v) is 5.82. The summed E-state index contributed by atoms with van der Waals surface area (Å²) in [5, 5.41) is 2.94. The van der Waals surface area contributed by atoms with Gasteiger partial charge in [0.2, 0.25) is 5.91 Å². The third-order valence-electron chi connectivity index (χ3n) is 2.78. The number of carbonyl (C=O) groups excluding carboxylic acids is 1. The summed E-state index contributed by atoms with van der Waals surface area (Å²) in [5.74, 6) is 0.145. The first kappa shape index (κ1) is 13.8. The summed E-state index contributed by atoms with van der Waals surface area (Å²) in [6.45, 7) is 11.0. The number of hydrogen-bond acceptors (Lipinski definition) is 1. The Kier molecular flexibility index (Phi) is 4.33. The molecule has 0 atom stereocenters. The van der Waals surface area contributed by atoms with Gasteiger partial charge in [-0.15, -0.1) is 0 Å². The summed E-state index contributed by atoms with van der Waals surface area (Å²) in [6, 6.07) is 8.40. The number of amides is 1. The van der Waals surface area contributed by atoms with Crippen molar-refractivity contribution in [2.24, 2.45) is 5.92 Å². The average molecular weight is 233 g/mol. The van der Waals surface area contributed by atoms with Crippen LogP contribution in [0.4, 0.5) is 0 Å². The van der Waals surface area contributed by atoms with Crippen molar-refractivity contribution in [1.29, 1.82) is 0 Å². The Labute approximate surface area is 104 Å². The van der Waals surface area contributed by atoms with Gasteiger partial charge in [-0.2, -0.15) is 0 Å². The molecule has 0 unspecified atom stereocenters. The van der Waals surface area contributed by atoms with Gasteiger partial charge in [-0.05, 0) is 16.5 Å². The molecule has 17 heavy (non-hydrogen) atoms. The van der Waals surface area contributed by atoms with E-state index < -0.39 is 0 Å². The summed E-state index contributed by atoms with van der Waals surface area (Å²) in [5.41, 5.74) is 2.61. The van der Waals surface area contributed by atoms with Gasteiger partial charge in [-0.25, -0.2) is 0 Å². The first-order valence-electron chi connectivity index (χ1n) is 6.18. The van der Waals surface area contributed by atoms with Crippen LogP contribution in [-0.2, 0) is 16.8 Å². The van der Waals surface area contributed by atoms with Gasteiger partial charge in [0.1, 0.15) is 0 Å². The Balaban J connectivity index is 2.70. The van der Waals surface area contributed by atoms with Crippen LogP contribution in [0.3, 0.4) is 0 Å². The molecule has 1 aromatic carbocycles. The number of nitrogens with one attached hydrogen (secondary N) is 1. The molecular weight excluding hydrogens is 210 g/mol. The van der Waals surface area contributed by atoms with Gasteiger partial charge >= 0.3 is 0 Å².